The number of ketones is 1. The number of aliphatic hydroxyl groups excluding tert-OH is 1. The van der Waals surface area contributed by atoms with Crippen molar-refractivity contribution < 1.29 is 23.5 Å². The molecule has 1 amide bonds. The molecule has 164 valence electrons. The number of aryl methyl sites for hydroxylation is 1. The van der Waals surface area contributed by atoms with Gasteiger partial charge in [0, 0.05) is 21.7 Å². The van der Waals surface area contributed by atoms with E-state index in [1.54, 1.807) is 48.5 Å². The molecule has 0 saturated carbocycles. The van der Waals surface area contributed by atoms with Crippen molar-refractivity contribution in [2.45, 2.75) is 13.0 Å². The highest BCUT2D eigenvalue weighted by Crippen LogP contribution is 2.43. The van der Waals surface area contributed by atoms with Gasteiger partial charge in [0.05, 0.1) is 11.6 Å². The van der Waals surface area contributed by atoms with Crippen LogP contribution in [-0.2, 0) is 4.79 Å². The van der Waals surface area contributed by atoms with Crippen LogP contribution in [0.15, 0.2) is 88.5 Å². The molecule has 1 N–H and O–H groups in total. The van der Waals surface area contributed by atoms with Crippen molar-refractivity contribution in [2.24, 2.45) is 0 Å². The second-order valence-corrected chi connectivity index (χ2v) is 8.26. The van der Waals surface area contributed by atoms with Gasteiger partial charge in [-0.15, -0.1) is 0 Å². The summed E-state index contributed by atoms with van der Waals surface area (Å²) in [6, 6.07) is 18.0. The van der Waals surface area contributed by atoms with Crippen LogP contribution in [0.25, 0.3) is 11.0 Å². The molecule has 4 aromatic rings. The molecule has 7 heteroatoms. The summed E-state index contributed by atoms with van der Waals surface area (Å²) >= 11 is 6.03. The maximum atomic E-state index is 14.9. The maximum absolute atomic E-state index is 14.9. The summed E-state index contributed by atoms with van der Waals surface area (Å²) in [6.45, 7) is 1.89. The summed E-state index contributed by atoms with van der Waals surface area (Å²) < 4.78 is 20.6. The smallest absolute Gasteiger partial charge is 0.294 e. The fraction of sp³-hybridized carbons (Fsp3) is 0.0769. The zero-order chi connectivity index (χ0) is 23.3. The van der Waals surface area contributed by atoms with E-state index in [4.69, 9.17) is 16.0 Å². The van der Waals surface area contributed by atoms with E-state index in [2.05, 4.69) is 0 Å². The third kappa shape index (κ3) is 3.49. The highest BCUT2D eigenvalue weighted by molar-refractivity contribution is 6.31. The Bertz CT molecular complexity index is 1450. The summed E-state index contributed by atoms with van der Waals surface area (Å²) in [5.74, 6) is -2.95. The molecule has 1 aliphatic heterocycles. The molecular formula is C26H17ClFNO4. The predicted molar refractivity (Wildman–Crippen MR) is 123 cm³/mol. The van der Waals surface area contributed by atoms with Crippen LogP contribution in [0.3, 0.4) is 0 Å². The molecule has 33 heavy (non-hydrogen) atoms. The van der Waals surface area contributed by atoms with Gasteiger partial charge in [-0.1, -0.05) is 47.5 Å². The minimum atomic E-state index is -1.18. The van der Waals surface area contributed by atoms with Crippen LogP contribution in [0.4, 0.5) is 10.1 Å². The first kappa shape index (κ1) is 21.0. The standard InChI is InChI=1S/C26H17ClFNO4/c1-14-6-9-17(10-7-14)29-23(18-4-2-3-5-19(18)28)22(25(31)26(29)32)24(30)21-13-15-12-16(27)8-11-20(15)33-21/h2-13,23,31H,1H3. The molecule has 1 aliphatic rings. The van der Waals surface area contributed by atoms with Crippen LogP contribution < -0.4 is 4.90 Å². The molecule has 0 spiro atoms. The number of amides is 1. The number of nitrogens with zero attached hydrogens (tertiary/aromatic N) is 1. The van der Waals surface area contributed by atoms with Crippen LogP contribution in [-0.4, -0.2) is 16.8 Å². The number of carbonyl (C=O) groups excluding carboxylic acids is 2. The van der Waals surface area contributed by atoms with Crippen molar-refractivity contribution in [1.29, 1.82) is 0 Å². The Kier molecular flexibility index (Phi) is 5.02. The Hall–Kier alpha value is -3.90. The summed E-state index contributed by atoms with van der Waals surface area (Å²) in [6.07, 6.45) is 0. The average molecular weight is 462 g/mol. The van der Waals surface area contributed by atoms with E-state index in [9.17, 15) is 19.1 Å². The second-order valence-electron chi connectivity index (χ2n) is 7.82. The molecule has 5 nitrogen and oxygen atoms in total. The molecule has 0 fully saturated rings. The Balaban J connectivity index is 1.67. The maximum Gasteiger partial charge on any atom is 0.294 e. The quantitative estimate of drug-likeness (QED) is 0.361. The van der Waals surface area contributed by atoms with Crippen LogP contribution in [0.2, 0.25) is 5.02 Å². The van der Waals surface area contributed by atoms with Crippen molar-refractivity contribution in [3.8, 4) is 0 Å². The van der Waals surface area contributed by atoms with E-state index in [0.29, 0.717) is 21.7 Å². The number of fused-ring (bicyclic) bond motifs is 1. The Morgan fingerprint density at radius 3 is 2.52 bits per heavy atom. The third-order valence-corrected chi connectivity index (χ3v) is 5.90. The minimum absolute atomic E-state index is 0.0815. The molecule has 1 atom stereocenters. The van der Waals surface area contributed by atoms with E-state index < -0.39 is 29.3 Å². The Labute approximate surface area is 193 Å². The van der Waals surface area contributed by atoms with Crippen LogP contribution in [0.5, 0.6) is 0 Å². The van der Waals surface area contributed by atoms with Gasteiger partial charge in [-0.3, -0.25) is 14.5 Å². The number of hydrogen-bond donors (Lipinski definition) is 1. The van der Waals surface area contributed by atoms with Crippen molar-refractivity contribution in [1.82, 2.24) is 0 Å². The van der Waals surface area contributed by atoms with Crippen molar-refractivity contribution in [2.75, 3.05) is 4.90 Å². The van der Waals surface area contributed by atoms with Crippen LogP contribution in [0, 0.1) is 12.7 Å². The Morgan fingerprint density at radius 1 is 1.06 bits per heavy atom. The molecule has 0 bridgehead atoms. The molecule has 0 radical (unpaired) electrons. The fourth-order valence-corrected chi connectivity index (χ4v) is 4.24. The van der Waals surface area contributed by atoms with E-state index >= 15 is 0 Å². The third-order valence-electron chi connectivity index (χ3n) is 5.67. The van der Waals surface area contributed by atoms with Gasteiger partial charge in [0.25, 0.3) is 5.91 Å². The number of benzene rings is 3. The SMILES string of the molecule is Cc1ccc(N2C(=O)C(O)=C(C(=O)c3cc4cc(Cl)ccc4o3)C2c2ccccc2F)cc1. The van der Waals surface area contributed by atoms with Crippen molar-refractivity contribution >= 4 is 39.9 Å². The van der Waals surface area contributed by atoms with Gasteiger partial charge in [-0.25, -0.2) is 4.39 Å². The van der Waals surface area contributed by atoms with Gasteiger partial charge in [-0.2, -0.15) is 0 Å². The summed E-state index contributed by atoms with van der Waals surface area (Å²) in [7, 11) is 0. The first-order valence-electron chi connectivity index (χ1n) is 10.2. The van der Waals surface area contributed by atoms with Crippen molar-refractivity contribution in [3.05, 3.63) is 112 Å². The van der Waals surface area contributed by atoms with Gasteiger partial charge in [0.15, 0.2) is 11.5 Å². The first-order chi connectivity index (χ1) is 15.8. The van der Waals surface area contributed by atoms with Crippen LogP contribution in [0.1, 0.15) is 27.7 Å². The first-order valence-corrected chi connectivity index (χ1v) is 10.5. The highest BCUT2D eigenvalue weighted by Gasteiger charge is 2.46. The van der Waals surface area contributed by atoms with E-state index in [0.717, 1.165) is 5.56 Å². The highest BCUT2D eigenvalue weighted by atomic mass is 35.5. The number of rotatable bonds is 4. The van der Waals surface area contributed by atoms with E-state index in [1.165, 1.54) is 29.2 Å². The molecule has 0 saturated heterocycles. The van der Waals surface area contributed by atoms with E-state index in [1.807, 2.05) is 6.92 Å². The number of anilines is 1. The molecule has 1 aromatic heterocycles. The van der Waals surface area contributed by atoms with E-state index in [-0.39, 0.29) is 16.9 Å². The Morgan fingerprint density at radius 2 is 1.79 bits per heavy atom. The minimum Gasteiger partial charge on any atom is -0.503 e. The molecule has 1 unspecified atom stereocenters. The van der Waals surface area contributed by atoms with Gasteiger partial charge < -0.3 is 9.52 Å². The second kappa shape index (κ2) is 7.90. The number of Topliss-reactive ketones (excluding diaryl/α,β-unsaturated/α-hetero) is 1. The number of furan rings is 1. The molecule has 5 rings (SSSR count). The van der Waals surface area contributed by atoms with Gasteiger partial charge in [0.1, 0.15) is 11.4 Å². The zero-order valence-electron chi connectivity index (χ0n) is 17.4. The largest absolute Gasteiger partial charge is 0.503 e. The summed E-state index contributed by atoms with van der Waals surface area (Å²) in [5, 5.41) is 11.9. The van der Waals surface area contributed by atoms with Crippen molar-refractivity contribution in [3.63, 3.8) is 0 Å². The normalized spacial score (nSPS) is 16.2. The zero-order valence-corrected chi connectivity index (χ0v) is 18.1. The van der Waals surface area contributed by atoms with Gasteiger partial charge >= 0.3 is 0 Å². The monoisotopic (exact) mass is 461 g/mol. The topological polar surface area (TPSA) is 70.8 Å². The molecule has 3 aromatic carbocycles. The van der Waals surface area contributed by atoms with Crippen LogP contribution >= 0.6 is 11.6 Å². The van der Waals surface area contributed by atoms with Gasteiger partial charge in [-0.05, 0) is 49.4 Å². The predicted octanol–water partition coefficient (Wildman–Crippen LogP) is 6.32. The number of halogens is 2. The lowest BCUT2D eigenvalue weighted by atomic mass is 9.94. The lowest BCUT2D eigenvalue weighted by molar-refractivity contribution is -0.117. The molecule has 0 aliphatic carbocycles. The lowest BCUT2D eigenvalue weighted by Gasteiger charge is -2.27. The molecule has 2 heterocycles. The van der Waals surface area contributed by atoms with Gasteiger partial charge in [0.2, 0.25) is 5.78 Å². The number of aliphatic hydroxyl groups is 1. The fourth-order valence-electron chi connectivity index (χ4n) is 4.06. The summed E-state index contributed by atoms with van der Waals surface area (Å²) in [4.78, 5) is 27.9. The molecular weight excluding hydrogens is 445 g/mol. The number of hydrogen-bond acceptors (Lipinski definition) is 4. The lowest BCUT2D eigenvalue weighted by Crippen LogP contribution is -2.31. The average Bonchev–Trinajstić information content (AvgIpc) is 3.33. The summed E-state index contributed by atoms with van der Waals surface area (Å²) in [5.41, 5.74) is 1.63. The number of carbonyl (C=O) groups is 2.